The predicted octanol–water partition coefficient (Wildman–Crippen LogP) is 3.97. The van der Waals surface area contributed by atoms with Gasteiger partial charge in [-0.1, -0.05) is 29.4 Å². The largest absolute Gasteiger partial charge is 0.444 e. The van der Waals surface area contributed by atoms with Crippen molar-refractivity contribution < 1.29 is 14.3 Å². The fraction of sp³-hybridized carbons (Fsp3) is 0.571. The van der Waals surface area contributed by atoms with Gasteiger partial charge in [-0.2, -0.15) is 5.26 Å². The summed E-state index contributed by atoms with van der Waals surface area (Å²) >= 11 is 0. The molecule has 1 saturated heterocycles. The van der Waals surface area contributed by atoms with E-state index in [4.69, 9.17) is 10.3 Å². The number of amides is 2. The molecule has 1 aromatic rings. The Labute approximate surface area is 175 Å². The van der Waals surface area contributed by atoms with E-state index >= 15 is 0 Å². The number of azide groups is 1. The first-order valence-corrected chi connectivity index (χ1v) is 10.1. The summed E-state index contributed by atoms with van der Waals surface area (Å²) < 4.78 is 5.52. The number of fused-ring (bicyclic) bond motifs is 2. The summed E-state index contributed by atoms with van der Waals surface area (Å²) in [5.74, 6) is -0.227. The van der Waals surface area contributed by atoms with Gasteiger partial charge in [0.2, 0.25) is 5.91 Å². The van der Waals surface area contributed by atoms with Crippen molar-refractivity contribution >= 4 is 17.7 Å². The molecule has 0 spiro atoms. The number of nitriles is 1. The monoisotopic (exact) mass is 410 g/mol. The van der Waals surface area contributed by atoms with Gasteiger partial charge in [-0.15, -0.1) is 0 Å². The molecule has 1 heterocycles. The Morgan fingerprint density at radius 1 is 1.37 bits per heavy atom. The highest BCUT2D eigenvalue weighted by atomic mass is 16.6. The molecule has 1 aromatic carbocycles. The number of ether oxygens (including phenoxy) is 1. The normalized spacial score (nSPS) is 23.3. The highest BCUT2D eigenvalue weighted by Gasteiger charge is 2.52. The second kappa shape index (κ2) is 8.64. The molecule has 30 heavy (non-hydrogen) atoms. The summed E-state index contributed by atoms with van der Waals surface area (Å²) in [4.78, 5) is 30.1. The molecule has 4 atom stereocenters. The Morgan fingerprint density at radius 3 is 2.67 bits per heavy atom. The number of piperidine rings is 1. The van der Waals surface area contributed by atoms with Crippen LogP contribution in [-0.4, -0.2) is 40.6 Å². The molecular weight excluding hydrogens is 384 g/mol. The Kier molecular flexibility index (Phi) is 6.18. The highest BCUT2D eigenvalue weighted by Crippen LogP contribution is 2.43. The Balaban J connectivity index is 1.68. The second-order valence-electron chi connectivity index (χ2n) is 8.81. The van der Waals surface area contributed by atoms with Gasteiger partial charge in [-0.3, -0.25) is 9.69 Å². The maximum atomic E-state index is 13.0. The lowest BCUT2D eigenvalue weighted by Gasteiger charge is -2.35. The van der Waals surface area contributed by atoms with Crippen LogP contribution in [0.1, 0.15) is 45.6 Å². The van der Waals surface area contributed by atoms with Crippen LogP contribution in [0.5, 0.6) is 0 Å². The van der Waals surface area contributed by atoms with E-state index in [1.807, 2.05) is 0 Å². The number of carbonyl (C=O) groups is 2. The molecule has 1 aliphatic carbocycles. The van der Waals surface area contributed by atoms with E-state index in [1.54, 1.807) is 49.9 Å². The minimum absolute atomic E-state index is 0.00868. The Morgan fingerprint density at radius 2 is 2.07 bits per heavy atom. The Hall–Kier alpha value is -3.24. The minimum atomic E-state index is -0.734. The standard InChI is InChI=1S/C21H26N6O3/c1-21(2,3)30-20(29)27-17-9-6-14(11-17)18(27)19(28)24-16(12-22)10-13-4-7-15(8-5-13)25-26-23/h4-5,7-8,14,16-18H,6,9-11H2,1-3H3,(H,24,28)/t14-,16-,17+,18-/m0/s1. The van der Waals surface area contributed by atoms with E-state index in [0.29, 0.717) is 12.1 Å². The smallest absolute Gasteiger partial charge is 0.411 e. The van der Waals surface area contributed by atoms with Crippen LogP contribution < -0.4 is 5.32 Å². The SMILES string of the molecule is CC(C)(C)OC(=O)N1[C@@H]2CC[C@@H](C2)[C@H]1C(=O)N[C@H](C#N)Cc1ccc(N=[N+]=[N-])cc1. The van der Waals surface area contributed by atoms with Crippen molar-refractivity contribution in [2.24, 2.45) is 11.0 Å². The number of likely N-dealkylation sites (tertiary alicyclic amines) is 1. The van der Waals surface area contributed by atoms with Gasteiger partial charge in [-0.25, -0.2) is 4.79 Å². The van der Waals surface area contributed by atoms with Crippen molar-refractivity contribution in [3.8, 4) is 6.07 Å². The van der Waals surface area contributed by atoms with Crippen molar-refractivity contribution in [1.82, 2.24) is 10.2 Å². The van der Waals surface area contributed by atoms with Crippen molar-refractivity contribution in [2.45, 2.75) is 70.2 Å². The molecule has 2 amide bonds. The first-order valence-electron chi connectivity index (χ1n) is 10.1. The average Bonchev–Trinajstić information content (AvgIpc) is 3.29. The molecule has 2 bridgehead atoms. The summed E-state index contributed by atoms with van der Waals surface area (Å²) in [5, 5.41) is 15.9. The van der Waals surface area contributed by atoms with E-state index < -0.39 is 23.8 Å². The molecule has 0 unspecified atom stereocenters. The third kappa shape index (κ3) is 4.84. The lowest BCUT2D eigenvalue weighted by atomic mass is 9.97. The van der Waals surface area contributed by atoms with Crippen LogP contribution in [0.2, 0.25) is 0 Å². The zero-order valence-electron chi connectivity index (χ0n) is 17.4. The third-order valence-electron chi connectivity index (χ3n) is 5.47. The predicted molar refractivity (Wildman–Crippen MR) is 109 cm³/mol. The fourth-order valence-corrected chi connectivity index (χ4v) is 4.28. The quantitative estimate of drug-likeness (QED) is 0.447. The lowest BCUT2D eigenvalue weighted by Crippen LogP contribution is -2.55. The first-order chi connectivity index (χ1) is 14.2. The van der Waals surface area contributed by atoms with Crippen LogP contribution in [-0.2, 0) is 16.0 Å². The van der Waals surface area contributed by atoms with Gasteiger partial charge in [0, 0.05) is 23.1 Å². The molecule has 0 aromatic heterocycles. The van der Waals surface area contributed by atoms with E-state index in [-0.39, 0.29) is 17.9 Å². The molecule has 2 aliphatic rings. The average molecular weight is 410 g/mol. The van der Waals surface area contributed by atoms with Crippen LogP contribution in [0.4, 0.5) is 10.5 Å². The summed E-state index contributed by atoms with van der Waals surface area (Å²) in [5.41, 5.74) is 9.14. The van der Waals surface area contributed by atoms with Crippen molar-refractivity contribution in [3.63, 3.8) is 0 Å². The van der Waals surface area contributed by atoms with Crippen LogP contribution in [0.15, 0.2) is 29.4 Å². The molecular formula is C21H26N6O3. The first kappa shape index (κ1) is 21.5. The second-order valence-corrected chi connectivity index (χ2v) is 8.81. The van der Waals surface area contributed by atoms with E-state index in [1.165, 1.54) is 0 Å². The maximum absolute atomic E-state index is 13.0. The van der Waals surface area contributed by atoms with Gasteiger partial charge in [0.15, 0.2) is 0 Å². The van der Waals surface area contributed by atoms with E-state index in [0.717, 1.165) is 24.8 Å². The third-order valence-corrected chi connectivity index (χ3v) is 5.47. The molecule has 1 aliphatic heterocycles. The molecule has 2 fully saturated rings. The van der Waals surface area contributed by atoms with Crippen LogP contribution >= 0.6 is 0 Å². The zero-order valence-corrected chi connectivity index (χ0v) is 17.4. The molecule has 1 N–H and O–H groups in total. The molecule has 0 radical (unpaired) electrons. The van der Waals surface area contributed by atoms with Crippen LogP contribution in [0.3, 0.4) is 0 Å². The van der Waals surface area contributed by atoms with Crippen molar-refractivity contribution in [2.75, 3.05) is 0 Å². The van der Waals surface area contributed by atoms with Crippen LogP contribution in [0.25, 0.3) is 10.4 Å². The number of rotatable bonds is 5. The van der Waals surface area contributed by atoms with Crippen molar-refractivity contribution in [3.05, 3.63) is 40.3 Å². The number of nitrogens with one attached hydrogen (secondary N) is 1. The Bertz CT molecular complexity index is 895. The summed E-state index contributed by atoms with van der Waals surface area (Å²) in [6.07, 6.45) is 2.38. The van der Waals surface area contributed by atoms with Crippen molar-refractivity contribution in [1.29, 1.82) is 5.26 Å². The zero-order chi connectivity index (χ0) is 21.9. The molecule has 9 nitrogen and oxygen atoms in total. The minimum Gasteiger partial charge on any atom is -0.444 e. The van der Waals surface area contributed by atoms with Gasteiger partial charge >= 0.3 is 6.09 Å². The topological polar surface area (TPSA) is 131 Å². The van der Waals surface area contributed by atoms with Gasteiger partial charge in [0.05, 0.1) is 6.07 Å². The molecule has 9 heteroatoms. The number of nitrogens with zero attached hydrogens (tertiary/aromatic N) is 5. The highest BCUT2D eigenvalue weighted by molar-refractivity contribution is 5.87. The van der Waals surface area contributed by atoms with Gasteiger partial charge in [0.1, 0.15) is 17.7 Å². The summed E-state index contributed by atoms with van der Waals surface area (Å²) in [6.45, 7) is 5.40. The molecule has 158 valence electrons. The van der Waals surface area contributed by atoms with Gasteiger partial charge in [0.25, 0.3) is 0 Å². The number of hydrogen-bond donors (Lipinski definition) is 1. The number of benzene rings is 1. The van der Waals surface area contributed by atoms with E-state index in [2.05, 4.69) is 21.4 Å². The number of hydrogen-bond acceptors (Lipinski definition) is 5. The lowest BCUT2D eigenvalue weighted by molar-refractivity contribution is -0.128. The molecule has 1 saturated carbocycles. The van der Waals surface area contributed by atoms with E-state index in [9.17, 15) is 14.9 Å². The summed E-state index contributed by atoms with van der Waals surface area (Å²) in [6, 6.07) is 7.61. The fourth-order valence-electron chi connectivity index (χ4n) is 4.28. The summed E-state index contributed by atoms with van der Waals surface area (Å²) in [7, 11) is 0. The van der Waals surface area contributed by atoms with Gasteiger partial charge < -0.3 is 10.1 Å². The number of carbonyl (C=O) groups excluding carboxylic acids is 2. The van der Waals surface area contributed by atoms with Gasteiger partial charge in [-0.05, 0) is 57.0 Å². The maximum Gasteiger partial charge on any atom is 0.411 e. The van der Waals surface area contributed by atoms with Crippen LogP contribution in [0, 0.1) is 17.2 Å². The molecule has 3 rings (SSSR count).